The molecule has 104 valence electrons. The molecule has 4 rings (SSSR count). The zero-order chi connectivity index (χ0) is 14.4. The summed E-state index contributed by atoms with van der Waals surface area (Å²) in [6.07, 6.45) is 3.71. The number of nitrogens with zero attached hydrogens (tertiary/aromatic N) is 2. The minimum absolute atomic E-state index is 0.266. The van der Waals surface area contributed by atoms with Crippen molar-refractivity contribution in [2.45, 2.75) is 18.9 Å². The fraction of sp³-hybridized carbons (Fsp3) is 0.176. The Morgan fingerprint density at radius 3 is 2.48 bits per heavy atom. The topological polar surface area (TPSA) is 55.1 Å². The Labute approximate surface area is 121 Å². The van der Waals surface area contributed by atoms with Crippen LogP contribution >= 0.6 is 0 Å². The van der Waals surface area contributed by atoms with Crippen molar-refractivity contribution >= 4 is 17.0 Å². The molecule has 1 aliphatic carbocycles. The van der Waals surface area contributed by atoms with Gasteiger partial charge in [-0.05, 0) is 36.1 Å². The van der Waals surface area contributed by atoms with Gasteiger partial charge in [0.05, 0.1) is 17.4 Å². The molecule has 0 fully saturated rings. The lowest BCUT2D eigenvalue weighted by molar-refractivity contribution is 0.0699. The predicted octanol–water partition coefficient (Wildman–Crippen LogP) is 3.07. The monoisotopic (exact) mass is 278 g/mol. The van der Waals surface area contributed by atoms with Crippen LogP contribution in [0.4, 0.5) is 0 Å². The molecule has 0 aliphatic heterocycles. The summed E-state index contributed by atoms with van der Waals surface area (Å²) in [5, 5.41) is 9.25. The van der Waals surface area contributed by atoms with Crippen LogP contribution in [0.25, 0.3) is 11.0 Å². The normalized spacial score (nSPS) is 14.5. The molecule has 21 heavy (non-hydrogen) atoms. The van der Waals surface area contributed by atoms with E-state index in [0.717, 1.165) is 18.4 Å². The maximum Gasteiger partial charge on any atom is 0.337 e. The third-order valence-electron chi connectivity index (χ3n) is 4.26. The molecule has 0 radical (unpaired) electrons. The lowest BCUT2D eigenvalue weighted by Gasteiger charge is -2.12. The number of hydrogen-bond donors (Lipinski definition) is 1. The van der Waals surface area contributed by atoms with Crippen molar-refractivity contribution in [3.8, 4) is 0 Å². The molecule has 0 bridgehead atoms. The molecule has 1 heterocycles. The van der Waals surface area contributed by atoms with Crippen LogP contribution < -0.4 is 0 Å². The van der Waals surface area contributed by atoms with E-state index in [1.165, 1.54) is 11.1 Å². The van der Waals surface area contributed by atoms with Crippen molar-refractivity contribution in [2.75, 3.05) is 0 Å². The highest BCUT2D eigenvalue weighted by molar-refractivity contribution is 6.00. The molecule has 4 heteroatoms. The number of hydrogen-bond acceptors (Lipinski definition) is 2. The number of aromatic nitrogens is 2. The van der Waals surface area contributed by atoms with Crippen LogP contribution in [-0.2, 0) is 12.8 Å². The average molecular weight is 278 g/mol. The average Bonchev–Trinajstić information content (AvgIpc) is 3.09. The fourth-order valence-electron chi connectivity index (χ4n) is 3.25. The molecular formula is C17H14N2O2. The summed E-state index contributed by atoms with van der Waals surface area (Å²) in [4.78, 5) is 15.6. The van der Waals surface area contributed by atoms with Gasteiger partial charge in [-0.1, -0.05) is 30.3 Å². The van der Waals surface area contributed by atoms with Crippen LogP contribution in [0.1, 0.15) is 27.5 Å². The zero-order valence-electron chi connectivity index (χ0n) is 11.4. The summed E-state index contributed by atoms with van der Waals surface area (Å²) >= 11 is 0. The van der Waals surface area contributed by atoms with Crippen molar-refractivity contribution < 1.29 is 9.90 Å². The number of para-hydroxylation sites is 1. The molecule has 3 aromatic rings. The van der Waals surface area contributed by atoms with Crippen LogP contribution in [0.5, 0.6) is 0 Å². The first-order valence-electron chi connectivity index (χ1n) is 6.99. The van der Waals surface area contributed by atoms with E-state index in [2.05, 4.69) is 33.8 Å². The van der Waals surface area contributed by atoms with E-state index in [0.29, 0.717) is 11.6 Å². The predicted molar refractivity (Wildman–Crippen MR) is 79.6 cm³/mol. The number of imidazole rings is 1. The number of fused-ring (bicyclic) bond motifs is 2. The second-order valence-corrected chi connectivity index (χ2v) is 5.46. The Morgan fingerprint density at radius 2 is 1.81 bits per heavy atom. The molecule has 2 aromatic carbocycles. The van der Waals surface area contributed by atoms with Crippen molar-refractivity contribution in [3.05, 3.63) is 65.5 Å². The van der Waals surface area contributed by atoms with Gasteiger partial charge >= 0.3 is 5.97 Å². The van der Waals surface area contributed by atoms with Crippen molar-refractivity contribution in [2.24, 2.45) is 0 Å². The molecule has 0 amide bonds. The van der Waals surface area contributed by atoms with Gasteiger partial charge in [-0.2, -0.15) is 0 Å². The number of carboxylic acid groups (broad SMARTS) is 1. The number of benzene rings is 2. The molecule has 0 saturated heterocycles. The van der Waals surface area contributed by atoms with Gasteiger partial charge in [0.2, 0.25) is 0 Å². The largest absolute Gasteiger partial charge is 0.478 e. The van der Waals surface area contributed by atoms with E-state index >= 15 is 0 Å². The Hall–Kier alpha value is -2.62. The van der Waals surface area contributed by atoms with E-state index in [-0.39, 0.29) is 5.56 Å². The van der Waals surface area contributed by atoms with E-state index in [1.807, 2.05) is 6.07 Å². The SMILES string of the molecule is O=C(O)c1cccc2c1ncn2C1Cc2ccccc2C1. The standard InChI is InChI=1S/C17H14N2O2/c20-17(21)14-6-3-7-15-16(14)18-10-19(15)13-8-11-4-1-2-5-12(11)9-13/h1-7,10,13H,8-9H2,(H,20,21). The molecule has 0 atom stereocenters. The number of carbonyl (C=O) groups is 1. The molecule has 0 unspecified atom stereocenters. The van der Waals surface area contributed by atoms with Gasteiger partial charge in [0, 0.05) is 6.04 Å². The highest BCUT2D eigenvalue weighted by atomic mass is 16.4. The first-order valence-corrected chi connectivity index (χ1v) is 6.99. The second kappa shape index (κ2) is 4.45. The van der Waals surface area contributed by atoms with E-state index in [1.54, 1.807) is 18.5 Å². The van der Waals surface area contributed by atoms with Gasteiger partial charge in [-0.25, -0.2) is 9.78 Å². The summed E-state index contributed by atoms with van der Waals surface area (Å²) in [5.41, 5.74) is 4.48. The minimum Gasteiger partial charge on any atom is -0.478 e. The van der Waals surface area contributed by atoms with Gasteiger partial charge < -0.3 is 9.67 Å². The van der Waals surface area contributed by atoms with Gasteiger partial charge in [0.15, 0.2) is 0 Å². The molecular weight excluding hydrogens is 264 g/mol. The maximum atomic E-state index is 11.3. The Kier molecular flexibility index (Phi) is 2.57. The zero-order valence-corrected chi connectivity index (χ0v) is 11.4. The number of aromatic carboxylic acids is 1. The van der Waals surface area contributed by atoms with Gasteiger partial charge in [0.25, 0.3) is 0 Å². The number of rotatable bonds is 2. The molecule has 1 aliphatic rings. The van der Waals surface area contributed by atoms with Crippen LogP contribution in [-0.4, -0.2) is 20.6 Å². The van der Waals surface area contributed by atoms with Gasteiger partial charge in [0.1, 0.15) is 5.52 Å². The summed E-state index contributed by atoms with van der Waals surface area (Å²) < 4.78 is 2.11. The molecule has 1 aromatic heterocycles. The van der Waals surface area contributed by atoms with Crippen molar-refractivity contribution in [3.63, 3.8) is 0 Å². The first-order chi connectivity index (χ1) is 10.2. The summed E-state index contributed by atoms with van der Waals surface area (Å²) in [6.45, 7) is 0. The summed E-state index contributed by atoms with van der Waals surface area (Å²) in [6, 6.07) is 14.1. The molecule has 0 saturated carbocycles. The third-order valence-corrected chi connectivity index (χ3v) is 4.26. The van der Waals surface area contributed by atoms with Crippen molar-refractivity contribution in [1.29, 1.82) is 0 Å². The highest BCUT2D eigenvalue weighted by Crippen LogP contribution is 2.32. The maximum absolute atomic E-state index is 11.3. The Bertz CT molecular complexity index is 826. The van der Waals surface area contributed by atoms with Gasteiger partial charge in [-0.15, -0.1) is 0 Å². The fourth-order valence-corrected chi connectivity index (χ4v) is 3.25. The highest BCUT2D eigenvalue weighted by Gasteiger charge is 2.24. The Balaban J connectivity index is 1.80. The van der Waals surface area contributed by atoms with Crippen LogP contribution in [0, 0.1) is 0 Å². The minimum atomic E-state index is -0.930. The van der Waals surface area contributed by atoms with Crippen LogP contribution in [0.2, 0.25) is 0 Å². The van der Waals surface area contributed by atoms with E-state index in [4.69, 9.17) is 0 Å². The number of carboxylic acids is 1. The second-order valence-electron chi connectivity index (χ2n) is 5.46. The summed E-state index contributed by atoms with van der Waals surface area (Å²) in [5.74, 6) is -0.930. The van der Waals surface area contributed by atoms with Gasteiger partial charge in [-0.3, -0.25) is 0 Å². The van der Waals surface area contributed by atoms with Crippen molar-refractivity contribution in [1.82, 2.24) is 9.55 Å². The molecule has 1 N–H and O–H groups in total. The molecule has 4 nitrogen and oxygen atoms in total. The summed E-state index contributed by atoms with van der Waals surface area (Å²) in [7, 11) is 0. The lowest BCUT2D eigenvalue weighted by Crippen LogP contribution is -2.07. The molecule has 0 spiro atoms. The van der Waals surface area contributed by atoms with Crippen LogP contribution in [0.3, 0.4) is 0 Å². The lowest BCUT2D eigenvalue weighted by atomic mass is 10.1. The Morgan fingerprint density at radius 1 is 1.10 bits per heavy atom. The van der Waals surface area contributed by atoms with Crippen LogP contribution in [0.15, 0.2) is 48.8 Å². The smallest absolute Gasteiger partial charge is 0.337 e. The quantitative estimate of drug-likeness (QED) is 0.783. The first kappa shape index (κ1) is 12.1. The van der Waals surface area contributed by atoms with E-state index in [9.17, 15) is 9.90 Å². The third kappa shape index (κ3) is 1.83. The van der Waals surface area contributed by atoms with E-state index < -0.39 is 5.97 Å².